The van der Waals surface area contributed by atoms with Crippen molar-refractivity contribution in [2.24, 2.45) is 0 Å². The Balaban J connectivity index is 1.85. The van der Waals surface area contributed by atoms with Gasteiger partial charge in [0.25, 0.3) is 0 Å². The molecule has 1 aliphatic rings. The molecule has 0 saturated carbocycles. The molecule has 22 heavy (non-hydrogen) atoms. The van der Waals surface area contributed by atoms with E-state index in [1.165, 1.54) is 22.7 Å². The second-order valence-electron chi connectivity index (χ2n) is 5.60. The average Bonchev–Trinajstić information content (AvgIpc) is 3.20. The van der Waals surface area contributed by atoms with E-state index in [1.807, 2.05) is 29.9 Å². The van der Waals surface area contributed by atoms with Crippen LogP contribution < -0.4 is 0 Å². The quantitative estimate of drug-likeness (QED) is 0.872. The molecule has 2 aromatic rings. The third-order valence-corrected chi connectivity index (χ3v) is 5.86. The first kappa shape index (κ1) is 15.7. The van der Waals surface area contributed by atoms with Crippen molar-refractivity contribution in [2.45, 2.75) is 24.5 Å². The lowest BCUT2D eigenvalue weighted by Gasteiger charge is -2.32. The second kappa shape index (κ2) is 6.50. The van der Waals surface area contributed by atoms with E-state index in [-0.39, 0.29) is 6.10 Å². The molecule has 2 aromatic heterocycles. The molecule has 3 heterocycles. The molecular weight excluding hydrogens is 318 g/mol. The van der Waals surface area contributed by atoms with Gasteiger partial charge in [-0.2, -0.15) is 0 Å². The monoisotopic (exact) mass is 337 g/mol. The van der Waals surface area contributed by atoms with Crippen molar-refractivity contribution >= 4 is 28.6 Å². The molecule has 3 rings (SSSR count). The number of thiophene rings is 2. The number of ether oxygens (including phenoxy) is 1. The van der Waals surface area contributed by atoms with Crippen LogP contribution in [-0.2, 0) is 15.1 Å². The first-order valence-corrected chi connectivity index (χ1v) is 9.06. The van der Waals surface area contributed by atoms with Crippen molar-refractivity contribution in [2.75, 3.05) is 20.1 Å². The van der Waals surface area contributed by atoms with Gasteiger partial charge in [-0.05, 0) is 49.3 Å². The maximum absolute atomic E-state index is 12.8. The van der Waals surface area contributed by atoms with E-state index in [9.17, 15) is 9.90 Å². The topological polar surface area (TPSA) is 49.8 Å². The molecule has 1 atom stereocenters. The fourth-order valence-corrected chi connectivity index (χ4v) is 4.46. The minimum Gasteiger partial charge on any atom is -0.458 e. The summed E-state index contributed by atoms with van der Waals surface area (Å²) in [6.07, 6.45) is 1.70. The van der Waals surface area contributed by atoms with Crippen LogP contribution in [0.15, 0.2) is 35.0 Å². The molecule has 4 nitrogen and oxygen atoms in total. The largest absolute Gasteiger partial charge is 0.458 e. The highest BCUT2D eigenvalue weighted by Crippen LogP contribution is 2.37. The lowest BCUT2D eigenvalue weighted by atomic mass is 9.99. The molecule has 1 N–H and O–H groups in total. The van der Waals surface area contributed by atoms with Crippen LogP contribution in [0.1, 0.15) is 22.6 Å². The van der Waals surface area contributed by atoms with Crippen molar-refractivity contribution in [1.82, 2.24) is 4.90 Å². The molecule has 1 fully saturated rings. The molecule has 1 aliphatic heterocycles. The number of rotatable bonds is 4. The molecule has 0 spiro atoms. The normalized spacial score (nSPS) is 20.0. The van der Waals surface area contributed by atoms with Crippen molar-refractivity contribution in [1.29, 1.82) is 0 Å². The molecule has 118 valence electrons. The van der Waals surface area contributed by atoms with Gasteiger partial charge in [0.15, 0.2) is 0 Å². The standard InChI is InChI=1S/C16H19NO3S2/c1-17-8-2-5-12(11-17)20-15(18)16(19,13-6-3-9-21-13)14-7-4-10-22-14/h3-4,6-7,9-10,12,19H,2,5,8,11H2,1H3. The summed E-state index contributed by atoms with van der Waals surface area (Å²) in [5, 5.41) is 14.8. The van der Waals surface area contributed by atoms with Gasteiger partial charge < -0.3 is 14.7 Å². The molecule has 0 amide bonds. The molecule has 0 radical (unpaired) electrons. The van der Waals surface area contributed by atoms with Crippen molar-refractivity contribution in [3.05, 3.63) is 44.8 Å². The predicted octanol–water partition coefficient (Wildman–Crippen LogP) is 2.68. The van der Waals surface area contributed by atoms with Crippen LogP contribution in [0.3, 0.4) is 0 Å². The first-order chi connectivity index (χ1) is 10.6. The van der Waals surface area contributed by atoms with E-state index >= 15 is 0 Å². The van der Waals surface area contributed by atoms with Crippen LogP contribution in [0, 0.1) is 0 Å². The highest BCUT2D eigenvalue weighted by Gasteiger charge is 2.44. The van der Waals surface area contributed by atoms with Crippen LogP contribution in [0.2, 0.25) is 0 Å². The Kier molecular flexibility index (Phi) is 4.63. The number of esters is 1. The number of aliphatic hydroxyl groups is 1. The summed E-state index contributed by atoms with van der Waals surface area (Å²) in [6, 6.07) is 7.22. The van der Waals surface area contributed by atoms with E-state index in [0.717, 1.165) is 25.9 Å². The summed E-state index contributed by atoms with van der Waals surface area (Å²) >= 11 is 2.73. The van der Waals surface area contributed by atoms with Crippen molar-refractivity contribution in [3.8, 4) is 0 Å². The molecule has 6 heteroatoms. The van der Waals surface area contributed by atoms with E-state index in [0.29, 0.717) is 9.75 Å². The number of hydrogen-bond donors (Lipinski definition) is 1. The number of carbonyl (C=O) groups is 1. The number of piperidine rings is 1. The van der Waals surface area contributed by atoms with E-state index in [4.69, 9.17) is 4.74 Å². The maximum Gasteiger partial charge on any atom is 0.349 e. The summed E-state index contributed by atoms with van der Waals surface area (Å²) < 4.78 is 5.66. The van der Waals surface area contributed by atoms with Gasteiger partial charge in [-0.25, -0.2) is 4.79 Å². The maximum atomic E-state index is 12.8. The van der Waals surface area contributed by atoms with Crippen LogP contribution in [0.25, 0.3) is 0 Å². The van der Waals surface area contributed by atoms with Gasteiger partial charge >= 0.3 is 5.97 Å². The lowest BCUT2D eigenvalue weighted by molar-refractivity contribution is -0.169. The summed E-state index contributed by atoms with van der Waals surface area (Å²) in [4.78, 5) is 16.1. The zero-order valence-corrected chi connectivity index (χ0v) is 14.0. The van der Waals surface area contributed by atoms with Gasteiger partial charge in [0.05, 0.1) is 9.75 Å². The molecular formula is C16H19NO3S2. The highest BCUT2D eigenvalue weighted by molar-refractivity contribution is 7.12. The summed E-state index contributed by atoms with van der Waals surface area (Å²) in [5.74, 6) is -0.572. The van der Waals surface area contributed by atoms with Gasteiger partial charge in [-0.1, -0.05) is 12.1 Å². The minimum absolute atomic E-state index is 0.155. The number of nitrogens with zero attached hydrogens (tertiary/aromatic N) is 1. The molecule has 0 aromatic carbocycles. The third kappa shape index (κ3) is 2.96. The van der Waals surface area contributed by atoms with Gasteiger partial charge in [0.1, 0.15) is 6.10 Å². The van der Waals surface area contributed by atoms with Crippen LogP contribution in [0.4, 0.5) is 0 Å². The highest BCUT2D eigenvalue weighted by atomic mass is 32.1. The Morgan fingerprint density at radius 2 is 1.95 bits per heavy atom. The number of likely N-dealkylation sites (N-methyl/N-ethyl adjacent to an activating group) is 1. The molecule has 1 saturated heterocycles. The first-order valence-electron chi connectivity index (χ1n) is 7.30. The predicted molar refractivity (Wildman–Crippen MR) is 88.2 cm³/mol. The molecule has 1 unspecified atom stereocenters. The van der Waals surface area contributed by atoms with Crippen LogP contribution >= 0.6 is 22.7 Å². The summed E-state index contributed by atoms with van der Waals surface area (Å²) in [7, 11) is 2.02. The summed E-state index contributed by atoms with van der Waals surface area (Å²) in [6.45, 7) is 1.74. The fraction of sp³-hybridized carbons (Fsp3) is 0.438. The van der Waals surface area contributed by atoms with E-state index in [2.05, 4.69) is 4.90 Å². The smallest absolute Gasteiger partial charge is 0.349 e. The zero-order valence-electron chi connectivity index (χ0n) is 12.4. The third-order valence-electron chi connectivity index (χ3n) is 3.91. The molecule has 0 aliphatic carbocycles. The number of hydrogen-bond acceptors (Lipinski definition) is 6. The minimum atomic E-state index is -1.70. The fourth-order valence-electron chi connectivity index (χ4n) is 2.74. The van der Waals surface area contributed by atoms with Crippen molar-refractivity contribution < 1.29 is 14.6 Å². The second-order valence-corrected chi connectivity index (χ2v) is 7.49. The van der Waals surface area contributed by atoms with Gasteiger partial charge in [-0.3, -0.25) is 0 Å². The number of carbonyl (C=O) groups excluding carboxylic acids is 1. The van der Waals surface area contributed by atoms with E-state index < -0.39 is 11.6 Å². The number of likely N-dealkylation sites (tertiary alicyclic amines) is 1. The lowest BCUT2D eigenvalue weighted by Crippen LogP contribution is -2.44. The van der Waals surface area contributed by atoms with E-state index in [1.54, 1.807) is 12.1 Å². The average molecular weight is 337 g/mol. The van der Waals surface area contributed by atoms with Gasteiger partial charge in [0, 0.05) is 6.54 Å². The Bertz CT molecular complexity index is 575. The van der Waals surface area contributed by atoms with Crippen LogP contribution in [-0.4, -0.2) is 42.2 Å². The Morgan fingerprint density at radius 3 is 2.45 bits per heavy atom. The SMILES string of the molecule is CN1CCCC(OC(=O)C(O)(c2cccs2)c2cccs2)C1. The summed E-state index contributed by atoms with van der Waals surface area (Å²) in [5.41, 5.74) is -1.70. The molecule has 0 bridgehead atoms. The Labute approximate surface area is 138 Å². The van der Waals surface area contributed by atoms with Crippen molar-refractivity contribution in [3.63, 3.8) is 0 Å². The zero-order chi connectivity index (χ0) is 15.6. The Hall–Kier alpha value is -1.21. The van der Waals surface area contributed by atoms with Crippen LogP contribution in [0.5, 0.6) is 0 Å². The van der Waals surface area contributed by atoms with Gasteiger partial charge in [0.2, 0.25) is 5.60 Å². The van der Waals surface area contributed by atoms with Gasteiger partial charge in [-0.15, -0.1) is 22.7 Å². The Morgan fingerprint density at radius 1 is 1.32 bits per heavy atom.